The molecule has 0 unspecified atom stereocenters. The number of ether oxygens (including phenoxy) is 1. The molecule has 1 aliphatic heterocycles. The van der Waals surface area contributed by atoms with E-state index in [-0.39, 0.29) is 5.34 Å². The quantitative estimate of drug-likeness (QED) is 0.596. The first kappa shape index (κ1) is 13.1. The summed E-state index contributed by atoms with van der Waals surface area (Å²) >= 11 is 0. The molecule has 0 aromatic heterocycles. The summed E-state index contributed by atoms with van der Waals surface area (Å²) in [4.78, 5) is 2.53. The van der Waals surface area contributed by atoms with Gasteiger partial charge >= 0.3 is 0 Å². The SMILES string of the molecule is BC(B)(C)N1CCO[C@@H](CC(C)(C)C)C1. The topological polar surface area (TPSA) is 12.5 Å². The molecule has 15 heavy (non-hydrogen) atoms. The van der Waals surface area contributed by atoms with Crippen LogP contribution in [-0.2, 0) is 4.74 Å². The highest BCUT2D eigenvalue weighted by Gasteiger charge is 2.30. The van der Waals surface area contributed by atoms with Crippen LogP contribution in [0, 0.1) is 5.41 Å². The lowest BCUT2D eigenvalue weighted by Crippen LogP contribution is -2.55. The smallest absolute Gasteiger partial charge is 0.116 e. The van der Waals surface area contributed by atoms with Crippen LogP contribution < -0.4 is 0 Å². The van der Waals surface area contributed by atoms with E-state index in [9.17, 15) is 0 Å². The summed E-state index contributed by atoms with van der Waals surface area (Å²) in [6, 6.07) is 0. The largest absolute Gasteiger partial charge is 0.376 e. The highest BCUT2D eigenvalue weighted by Crippen LogP contribution is 2.25. The van der Waals surface area contributed by atoms with Gasteiger partial charge in [-0.2, -0.15) is 0 Å². The zero-order valence-corrected chi connectivity index (χ0v) is 11.3. The Hall–Kier alpha value is 0.0499. The molecule has 0 radical (unpaired) electrons. The molecule has 1 rings (SSSR count). The van der Waals surface area contributed by atoms with E-state index in [0.29, 0.717) is 11.5 Å². The molecular formula is C11H25B2NO. The van der Waals surface area contributed by atoms with Gasteiger partial charge in [0.05, 0.1) is 12.7 Å². The van der Waals surface area contributed by atoms with E-state index in [2.05, 4.69) is 48.3 Å². The van der Waals surface area contributed by atoms with E-state index in [0.717, 1.165) is 26.1 Å². The van der Waals surface area contributed by atoms with Gasteiger partial charge < -0.3 is 9.64 Å². The van der Waals surface area contributed by atoms with Gasteiger partial charge in [0.25, 0.3) is 0 Å². The van der Waals surface area contributed by atoms with Crippen LogP contribution in [0.5, 0.6) is 0 Å². The summed E-state index contributed by atoms with van der Waals surface area (Å²) in [5.74, 6) is 0. The predicted octanol–water partition coefficient (Wildman–Crippen LogP) is 0.0633. The lowest BCUT2D eigenvalue weighted by Gasteiger charge is -2.43. The highest BCUT2D eigenvalue weighted by molar-refractivity contribution is 6.39. The Morgan fingerprint density at radius 3 is 2.33 bits per heavy atom. The number of rotatable bonds is 2. The average Bonchev–Trinajstić information content (AvgIpc) is 1.99. The first-order valence-corrected chi connectivity index (χ1v) is 6.05. The standard InChI is InChI=1S/C11H25B2NO/c1-10(2,3)7-9-8-14(5-6-15-9)11(4,12)13/h9H,5-8,12-13H2,1-4H3/t9-/m0/s1. The summed E-state index contributed by atoms with van der Waals surface area (Å²) in [6.07, 6.45) is 1.57. The van der Waals surface area contributed by atoms with Crippen molar-refractivity contribution in [1.29, 1.82) is 0 Å². The van der Waals surface area contributed by atoms with Crippen LogP contribution in [0.2, 0.25) is 0 Å². The van der Waals surface area contributed by atoms with Gasteiger partial charge in [-0.05, 0) is 17.2 Å². The van der Waals surface area contributed by atoms with Crippen LogP contribution in [0.25, 0.3) is 0 Å². The van der Waals surface area contributed by atoms with Gasteiger partial charge in [0.2, 0.25) is 0 Å². The molecule has 1 fully saturated rings. The van der Waals surface area contributed by atoms with Crippen LogP contribution >= 0.6 is 0 Å². The van der Waals surface area contributed by atoms with Crippen molar-refractivity contribution in [2.45, 2.75) is 45.6 Å². The van der Waals surface area contributed by atoms with Crippen molar-refractivity contribution in [3.8, 4) is 0 Å². The lowest BCUT2D eigenvalue weighted by molar-refractivity contribution is -0.0528. The third-order valence-corrected chi connectivity index (χ3v) is 2.93. The second-order valence-corrected chi connectivity index (χ2v) is 6.87. The number of nitrogens with zero attached hydrogens (tertiary/aromatic N) is 1. The van der Waals surface area contributed by atoms with E-state index >= 15 is 0 Å². The van der Waals surface area contributed by atoms with Crippen molar-refractivity contribution in [3.63, 3.8) is 0 Å². The number of hydrogen-bond donors (Lipinski definition) is 0. The number of morpholine rings is 1. The van der Waals surface area contributed by atoms with Crippen molar-refractivity contribution in [1.82, 2.24) is 4.90 Å². The minimum atomic E-state index is 0.278. The summed E-state index contributed by atoms with van der Waals surface area (Å²) in [5.41, 5.74) is 0.367. The summed E-state index contributed by atoms with van der Waals surface area (Å²) in [6.45, 7) is 12.2. The first-order chi connectivity index (χ1) is 6.68. The predicted molar refractivity (Wildman–Crippen MR) is 70.9 cm³/mol. The molecule has 1 atom stereocenters. The summed E-state index contributed by atoms with van der Waals surface area (Å²) in [5, 5.41) is 0.278. The molecule has 1 saturated heterocycles. The van der Waals surface area contributed by atoms with E-state index in [1.165, 1.54) is 0 Å². The third-order valence-electron chi connectivity index (χ3n) is 2.93. The van der Waals surface area contributed by atoms with E-state index in [1.807, 2.05) is 0 Å². The molecular weight excluding hydrogens is 184 g/mol. The Morgan fingerprint density at radius 1 is 1.27 bits per heavy atom. The fourth-order valence-electron chi connectivity index (χ4n) is 2.14. The van der Waals surface area contributed by atoms with Gasteiger partial charge in [-0.15, -0.1) is 0 Å². The van der Waals surface area contributed by atoms with Crippen LogP contribution in [0.1, 0.15) is 34.1 Å². The van der Waals surface area contributed by atoms with Crippen molar-refractivity contribution in [2.24, 2.45) is 5.41 Å². The van der Waals surface area contributed by atoms with Gasteiger partial charge in [-0.1, -0.05) is 27.7 Å². The normalized spacial score (nSPS) is 25.5. The van der Waals surface area contributed by atoms with E-state index in [4.69, 9.17) is 4.74 Å². The molecule has 0 aromatic rings. The van der Waals surface area contributed by atoms with Gasteiger partial charge in [-0.25, -0.2) is 0 Å². The fourth-order valence-corrected chi connectivity index (χ4v) is 2.14. The maximum absolute atomic E-state index is 5.84. The fraction of sp³-hybridized carbons (Fsp3) is 1.00. The van der Waals surface area contributed by atoms with Crippen LogP contribution in [0.15, 0.2) is 0 Å². The molecule has 0 amide bonds. The third kappa shape index (κ3) is 4.60. The molecule has 2 nitrogen and oxygen atoms in total. The second-order valence-electron chi connectivity index (χ2n) is 6.87. The van der Waals surface area contributed by atoms with Crippen molar-refractivity contribution in [2.75, 3.05) is 19.7 Å². The molecule has 4 heteroatoms. The maximum Gasteiger partial charge on any atom is 0.116 e. The van der Waals surface area contributed by atoms with Crippen LogP contribution in [0.3, 0.4) is 0 Å². The van der Waals surface area contributed by atoms with Gasteiger partial charge in [0.15, 0.2) is 0 Å². The Labute approximate surface area is 96.6 Å². The first-order valence-electron chi connectivity index (χ1n) is 6.05. The second kappa shape index (κ2) is 4.50. The highest BCUT2D eigenvalue weighted by atomic mass is 16.5. The zero-order chi connectivity index (χ0) is 11.7. The number of hydrogen-bond acceptors (Lipinski definition) is 2. The van der Waals surface area contributed by atoms with Crippen molar-refractivity contribution < 1.29 is 4.74 Å². The molecule has 1 aliphatic rings. The van der Waals surface area contributed by atoms with Crippen LogP contribution in [0.4, 0.5) is 0 Å². The van der Waals surface area contributed by atoms with Crippen LogP contribution in [-0.4, -0.2) is 51.7 Å². The molecule has 0 aromatic carbocycles. The molecule has 1 heterocycles. The lowest BCUT2D eigenvalue weighted by atomic mass is 9.62. The van der Waals surface area contributed by atoms with Crippen molar-refractivity contribution in [3.05, 3.63) is 0 Å². The van der Waals surface area contributed by atoms with Gasteiger partial charge in [0, 0.05) is 13.1 Å². The van der Waals surface area contributed by atoms with E-state index < -0.39 is 0 Å². The molecule has 0 bridgehead atoms. The maximum atomic E-state index is 5.84. The van der Waals surface area contributed by atoms with E-state index in [1.54, 1.807) is 0 Å². The minimum Gasteiger partial charge on any atom is -0.376 e. The zero-order valence-electron chi connectivity index (χ0n) is 11.3. The van der Waals surface area contributed by atoms with Gasteiger partial charge in [-0.3, -0.25) is 0 Å². The average molecular weight is 209 g/mol. The van der Waals surface area contributed by atoms with Crippen molar-refractivity contribution >= 4 is 15.7 Å². The van der Waals surface area contributed by atoms with Gasteiger partial charge in [0.1, 0.15) is 15.7 Å². The summed E-state index contributed by atoms with van der Waals surface area (Å²) < 4.78 is 5.84. The Balaban J connectivity index is 2.50. The molecule has 0 N–H and O–H groups in total. The molecule has 86 valence electrons. The Morgan fingerprint density at radius 2 is 1.87 bits per heavy atom. The monoisotopic (exact) mass is 209 g/mol. The molecule has 0 aliphatic carbocycles. The Kier molecular flexibility index (Phi) is 3.94. The minimum absolute atomic E-state index is 0.278. The Bertz CT molecular complexity index is 208. The summed E-state index contributed by atoms with van der Waals surface area (Å²) in [7, 11) is 4.57. The molecule has 0 spiro atoms. The molecule has 0 saturated carbocycles.